The molecule has 172 valence electrons. The highest BCUT2D eigenvalue weighted by atomic mass is 32.2. The van der Waals surface area contributed by atoms with E-state index in [0.717, 1.165) is 24.1 Å². The van der Waals surface area contributed by atoms with Gasteiger partial charge in [-0.05, 0) is 42.0 Å². The number of fused-ring (bicyclic) bond motifs is 1. The minimum atomic E-state index is -0.556. The van der Waals surface area contributed by atoms with Gasteiger partial charge in [0.25, 0.3) is 11.8 Å². The number of aliphatic imine (C=N–C) groups is 1. The molecule has 5 rings (SSSR count). The number of amidine groups is 1. The zero-order chi connectivity index (χ0) is 23.5. The van der Waals surface area contributed by atoms with Crippen molar-refractivity contribution < 1.29 is 14.0 Å². The van der Waals surface area contributed by atoms with Crippen LogP contribution in [0.2, 0.25) is 0 Å². The molecule has 2 aromatic carbocycles. The highest BCUT2D eigenvalue weighted by Crippen LogP contribution is 2.43. The molecule has 3 heterocycles. The third kappa shape index (κ3) is 4.44. The van der Waals surface area contributed by atoms with Gasteiger partial charge in [0.15, 0.2) is 5.17 Å². The first-order chi connectivity index (χ1) is 16.5. The summed E-state index contributed by atoms with van der Waals surface area (Å²) < 4.78 is 13.1. The lowest BCUT2D eigenvalue weighted by Gasteiger charge is -2.36. The van der Waals surface area contributed by atoms with E-state index >= 15 is 0 Å². The zero-order valence-corrected chi connectivity index (χ0v) is 18.9. The second-order valence-electron chi connectivity index (χ2n) is 8.20. The number of rotatable bonds is 4. The van der Waals surface area contributed by atoms with Crippen LogP contribution in [-0.2, 0) is 5.54 Å². The number of aromatic nitrogens is 1. The number of nitrogens with zero attached hydrogens (tertiary/aromatic N) is 2. The van der Waals surface area contributed by atoms with Crippen LogP contribution in [0.3, 0.4) is 0 Å². The highest BCUT2D eigenvalue weighted by Gasteiger charge is 2.47. The molecule has 34 heavy (non-hydrogen) atoms. The molecule has 2 unspecified atom stereocenters. The van der Waals surface area contributed by atoms with Gasteiger partial charge in [-0.2, -0.15) is 0 Å². The van der Waals surface area contributed by atoms with E-state index in [9.17, 15) is 14.0 Å². The van der Waals surface area contributed by atoms with Crippen LogP contribution in [0.1, 0.15) is 26.4 Å². The number of amides is 2. The van der Waals surface area contributed by atoms with Crippen LogP contribution < -0.4 is 16.0 Å². The number of hydrogen-bond acceptors (Lipinski definition) is 6. The van der Waals surface area contributed by atoms with Gasteiger partial charge in [0.05, 0.1) is 6.20 Å². The fourth-order valence-corrected chi connectivity index (χ4v) is 5.41. The fraction of sp³-hybridized carbons (Fsp3) is 0.200. The summed E-state index contributed by atoms with van der Waals surface area (Å²) in [6, 6.07) is 19.1. The summed E-state index contributed by atoms with van der Waals surface area (Å²) in [4.78, 5) is 34.1. The molecule has 1 fully saturated rings. The molecule has 1 saturated heterocycles. The van der Waals surface area contributed by atoms with Gasteiger partial charge in [0.2, 0.25) is 0 Å². The summed E-state index contributed by atoms with van der Waals surface area (Å²) in [7, 11) is 0. The van der Waals surface area contributed by atoms with Crippen LogP contribution in [0, 0.1) is 11.7 Å². The predicted molar refractivity (Wildman–Crippen MR) is 130 cm³/mol. The molecule has 9 heteroatoms. The largest absolute Gasteiger partial charge is 0.321 e. The number of hydrogen-bond donors (Lipinski definition) is 3. The summed E-state index contributed by atoms with van der Waals surface area (Å²) >= 11 is 1.54. The molecule has 3 aromatic rings. The highest BCUT2D eigenvalue weighted by molar-refractivity contribution is 8.13. The van der Waals surface area contributed by atoms with Crippen LogP contribution in [-0.4, -0.2) is 40.8 Å². The second kappa shape index (κ2) is 9.36. The van der Waals surface area contributed by atoms with Gasteiger partial charge in [-0.25, -0.2) is 14.4 Å². The van der Waals surface area contributed by atoms with E-state index < -0.39 is 17.3 Å². The van der Waals surface area contributed by atoms with Crippen LogP contribution in [0.15, 0.2) is 77.9 Å². The smallest absolute Gasteiger partial charge is 0.274 e. The maximum absolute atomic E-state index is 13.1. The van der Waals surface area contributed by atoms with E-state index in [-0.39, 0.29) is 17.5 Å². The summed E-state index contributed by atoms with van der Waals surface area (Å²) in [6.45, 7) is 1.44. The Labute approximate surface area is 200 Å². The van der Waals surface area contributed by atoms with E-state index in [1.54, 1.807) is 18.2 Å². The lowest BCUT2D eigenvalue weighted by Crippen LogP contribution is -2.42. The molecule has 0 spiro atoms. The minimum Gasteiger partial charge on any atom is -0.321 e. The topological polar surface area (TPSA) is 95.5 Å². The fourth-order valence-electron chi connectivity index (χ4n) is 4.27. The van der Waals surface area contributed by atoms with Gasteiger partial charge < -0.3 is 16.0 Å². The van der Waals surface area contributed by atoms with Gasteiger partial charge in [-0.1, -0.05) is 42.1 Å². The normalized spacial score (nSPS) is 21.3. The van der Waals surface area contributed by atoms with Crippen molar-refractivity contribution in [2.45, 2.75) is 5.54 Å². The first kappa shape index (κ1) is 22.2. The Morgan fingerprint density at radius 1 is 1.03 bits per heavy atom. The summed E-state index contributed by atoms with van der Waals surface area (Å²) in [5, 5.41) is 9.80. The molecular weight excluding hydrogens is 453 g/mol. The Hall–Kier alpha value is -3.56. The molecule has 0 saturated carbocycles. The molecule has 2 amide bonds. The Morgan fingerprint density at radius 3 is 2.68 bits per heavy atom. The van der Waals surface area contributed by atoms with Crippen molar-refractivity contribution >= 4 is 34.4 Å². The molecule has 0 aliphatic carbocycles. The van der Waals surface area contributed by atoms with E-state index in [4.69, 9.17) is 4.99 Å². The van der Waals surface area contributed by atoms with Crippen molar-refractivity contribution in [3.05, 3.63) is 95.6 Å². The molecule has 1 aromatic heterocycles. The van der Waals surface area contributed by atoms with Gasteiger partial charge in [0.1, 0.15) is 17.1 Å². The lowest BCUT2D eigenvalue weighted by atomic mass is 9.81. The number of carbonyl (C=O) groups is 2. The van der Waals surface area contributed by atoms with E-state index in [0.29, 0.717) is 23.0 Å². The molecule has 0 radical (unpaired) electrons. The Kier molecular flexibility index (Phi) is 6.12. The van der Waals surface area contributed by atoms with E-state index in [1.165, 1.54) is 23.9 Å². The lowest BCUT2D eigenvalue weighted by molar-refractivity contribution is 0.0976. The zero-order valence-electron chi connectivity index (χ0n) is 18.1. The molecule has 7 nitrogen and oxygen atoms in total. The number of nitrogens with one attached hydrogen (secondary N) is 3. The molecule has 2 atom stereocenters. The number of benzene rings is 2. The first-order valence-corrected chi connectivity index (χ1v) is 11.9. The number of halogens is 1. The summed E-state index contributed by atoms with van der Waals surface area (Å²) in [5.74, 6) is -0.0783. The molecule has 3 N–H and O–H groups in total. The van der Waals surface area contributed by atoms with Crippen molar-refractivity contribution in [2.75, 3.05) is 24.2 Å². The minimum absolute atomic E-state index is 0.128. The van der Waals surface area contributed by atoms with Crippen LogP contribution in [0.5, 0.6) is 0 Å². The van der Waals surface area contributed by atoms with Crippen LogP contribution in [0.4, 0.5) is 10.1 Å². The first-order valence-electron chi connectivity index (χ1n) is 10.9. The SMILES string of the molecule is O=C(NC1=NC2(c3cccc(NC(=O)c4ccc(F)cn4)c3)CNCC2CS1)c1ccccc1. The van der Waals surface area contributed by atoms with Crippen molar-refractivity contribution in [3.8, 4) is 0 Å². The quantitative estimate of drug-likeness (QED) is 0.538. The van der Waals surface area contributed by atoms with Gasteiger partial charge >= 0.3 is 0 Å². The van der Waals surface area contributed by atoms with Crippen molar-refractivity contribution in [1.82, 2.24) is 15.6 Å². The number of thioether (sulfide) groups is 1. The maximum atomic E-state index is 13.1. The standard InChI is InChI=1S/C25H22FN5O2S/c26-19-9-10-21(28-13-19)23(33)29-20-8-4-7-17(11-20)25-15-27-12-18(25)14-34-24(31-25)30-22(32)16-5-2-1-3-6-16/h1-11,13,18,27H,12,14-15H2,(H,29,33)(H,30,31,32). The number of carbonyl (C=O) groups excluding carboxylic acids is 2. The third-order valence-electron chi connectivity index (χ3n) is 6.02. The van der Waals surface area contributed by atoms with Crippen molar-refractivity contribution in [3.63, 3.8) is 0 Å². The van der Waals surface area contributed by atoms with Gasteiger partial charge in [-0.3, -0.25) is 9.59 Å². The van der Waals surface area contributed by atoms with Gasteiger partial charge in [0, 0.05) is 36.0 Å². The third-order valence-corrected chi connectivity index (χ3v) is 7.06. The van der Waals surface area contributed by atoms with Gasteiger partial charge in [-0.15, -0.1) is 0 Å². The molecule has 2 aliphatic heterocycles. The Morgan fingerprint density at radius 2 is 1.88 bits per heavy atom. The van der Waals surface area contributed by atoms with Crippen molar-refractivity contribution in [2.24, 2.45) is 10.9 Å². The Bertz CT molecular complexity index is 1250. The van der Waals surface area contributed by atoms with Crippen LogP contribution >= 0.6 is 11.8 Å². The van der Waals surface area contributed by atoms with Crippen molar-refractivity contribution in [1.29, 1.82) is 0 Å². The number of anilines is 1. The number of pyridine rings is 1. The van der Waals surface area contributed by atoms with E-state index in [1.807, 2.05) is 36.4 Å². The average molecular weight is 476 g/mol. The maximum Gasteiger partial charge on any atom is 0.274 e. The van der Waals surface area contributed by atoms with E-state index in [2.05, 4.69) is 20.9 Å². The summed E-state index contributed by atoms with van der Waals surface area (Å²) in [6.07, 6.45) is 1.01. The monoisotopic (exact) mass is 475 g/mol. The summed E-state index contributed by atoms with van der Waals surface area (Å²) in [5.41, 5.74) is 1.68. The second-order valence-corrected chi connectivity index (χ2v) is 9.21. The molecular formula is C25H22FN5O2S. The van der Waals surface area contributed by atoms with Crippen LogP contribution in [0.25, 0.3) is 0 Å². The Balaban J connectivity index is 1.40. The molecule has 2 aliphatic rings. The molecule has 0 bridgehead atoms. The average Bonchev–Trinajstić information content (AvgIpc) is 3.30. The predicted octanol–water partition coefficient (Wildman–Crippen LogP) is 3.42.